The standard InChI is InChI=1S/C24H35N3O3/c1-5-29-22(28)27-20-17-19(23(2,3)4)13-14-24(20,26-15-9-10-16-26)30-21(25-27)18-11-7-6-8-12-18/h6-8,11-12,19-20H,5,9-10,13-17H2,1-4H3/t19-,20+,24+/m1/s1. The summed E-state index contributed by atoms with van der Waals surface area (Å²) in [6, 6.07) is 9.74. The van der Waals surface area contributed by atoms with E-state index in [0.717, 1.165) is 50.8 Å². The SMILES string of the molecule is CCOC(=O)N1N=C(c2ccccc2)O[C@@]2(N3CCCC3)CC[C@@H](C(C)(C)C)C[C@H]12. The minimum absolute atomic E-state index is 0.153. The number of hydrogen-bond donors (Lipinski definition) is 0. The van der Waals surface area contributed by atoms with E-state index in [-0.39, 0.29) is 17.6 Å². The van der Waals surface area contributed by atoms with Crippen LogP contribution in [0.25, 0.3) is 0 Å². The molecule has 0 radical (unpaired) electrons. The summed E-state index contributed by atoms with van der Waals surface area (Å²) in [4.78, 5) is 15.5. The van der Waals surface area contributed by atoms with Crippen molar-refractivity contribution in [1.82, 2.24) is 9.91 Å². The van der Waals surface area contributed by atoms with Crippen LogP contribution >= 0.6 is 0 Å². The van der Waals surface area contributed by atoms with Gasteiger partial charge in [0, 0.05) is 25.1 Å². The molecule has 4 rings (SSSR count). The molecule has 2 heterocycles. The molecule has 0 N–H and O–H groups in total. The second kappa shape index (κ2) is 8.22. The van der Waals surface area contributed by atoms with Crippen LogP contribution in [0, 0.1) is 11.3 Å². The molecule has 30 heavy (non-hydrogen) atoms. The fourth-order valence-corrected chi connectivity index (χ4v) is 5.26. The number of fused-ring (bicyclic) bond motifs is 1. The minimum Gasteiger partial charge on any atom is -0.452 e. The molecule has 0 aromatic heterocycles. The zero-order chi connectivity index (χ0) is 21.4. The van der Waals surface area contributed by atoms with E-state index in [1.165, 1.54) is 0 Å². The lowest BCUT2D eigenvalue weighted by Crippen LogP contribution is -2.68. The molecular weight excluding hydrogens is 378 g/mol. The van der Waals surface area contributed by atoms with Gasteiger partial charge in [0.25, 0.3) is 0 Å². The number of carbonyl (C=O) groups is 1. The number of ether oxygens (including phenoxy) is 2. The van der Waals surface area contributed by atoms with Gasteiger partial charge in [-0.3, -0.25) is 4.90 Å². The van der Waals surface area contributed by atoms with Gasteiger partial charge in [0.05, 0.1) is 6.61 Å². The van der Waals surface area contributed by atoms with Crippen LogP contribution in [0.3, 0.4) is 0 Å². The molecule has 1 aromatic rings. The van der Waals surface area contributed by atoms with Gasteiger partial charge in [0.1, 0.15) is 6.04 Å². The Morgan fingerprint density at radius 1 is 1.23 bits per heavy atom. The summed E-state index contributed by atoms with van der Waals surface area (Å²) in [6.07, 6.45) is 4.79. The number of amides is 1. The highest BCUT2D eigenvalue weighted by Crippen LogP contribution is 2.49. The Bertz CT molecular complexity index is 783. The number of hydrazone groups is 1. The van der Waals surface area contributed by atoms with Crippen LogP contribution in [-0.2, 0) is 9.47 Å². The smallest absolute Gasteiger partial charge is 0.430 e. The third-order valence-corrected chi connectivity index (χ3v) is 6.99. The summed E-state index contributed by atoms with van der Waals surface area (Å²) in [5, 5.41) is 6.32. The first-order chi connectivity index (χ1) is 14.3. The lowest BCUT2D eigenvalue weighted by atomic mass is 9.67. The highest BCUT2D eigenvalue weighted by atomic mass is 16.6. The molecule has 1 aliphatic carbocycles. The molecule has 2 aliphatic heterocycles. The van der Waals surface area contributed by atoms with E-state index in [1.807, 2.05) is 37.3 Å². The Kier molecular flexibility index (Phi) is 5.80. The fourth-order valence-electron chi connectivity index (χ4n) is 5.26. The van der Waals surface area contributed by atoms with Crippen LogP contribution in [0.15, 0.2) is 35.4 Å². The van der Waals surface area contributed by atoms with Gasteiger partial charge in [0.2, 0.25) is 5.90 Å². The normalized spacial score (nSPS) is 29.7. The van der Waals surface area contributed by atoms with Gasteiger partial charge in [-0.05, 0) is 56.1 Å². The van der Waals surface area contributed by atoms with Crippen LogP contribution in [-0.4, -0.2) is 53.4 Å². The predicted molar refractivity (Wildman–Crippen MR) is 117 cm³/mol. The molecular formula is C24H35N3O3. The average Bonchev–Trinajstić information content (AvgIpc) is 3.28. The Labute approximate surface area is 180 Å². The van der Waals surface area contributed by atoms with Gasteiger partial charge >= 0.3 is 6.09 Å². The van der Waals surface area contributed by atoms with E-state index >= 15 is 0 Å². The van der Waals surface area contributed by atoms with Crippen molar-refractivity contribution < 1.29 is 14.3 Å². The van der Waals surface area contributed by atoms with Crippen LogP contribution in [0.4, 0.5) is 4.79 Å². The van der Waals surface area contributed by atoms with Crippen LogP contribution < -0.4 is 0 Å². The summed E-state index contributed by atoms with van der Waals surface area (Å²) >= 11 is 0. The number of hydrogen-bond acceptors (Lipinski definition) is 5. The summed E-state index contributed by atoms with van der Waals surface area (Å²) in [7, 11) is 0. The zero-order valence-corrected chi connectivity index (χ0v) is 18.8. The van der Waals surface area contributed by atoms with Gasteiger partial charge in [-0.1, -0.05) is 39.0 Å². The maximum absolute atomic E-state index is 13.1. The van der Waals surface area contributed by atoms with Gasteiger partial charge in [0.15, 0.2) is 5.72 Å². The topological polar surface area (TPSA) is 54.4 Å². The largest absolute Gasteiger partial charge is 0.452 e. The minimum atomic E-state index is -0.544. The second-order valence-electron chi connectivity index (χ2n) is 9.81. The van der Waals surface area contributed by atoms with Crippen molar-refractivity contribution in [2.45, 2.75) is 71.6 Å². The van der Waals surface area contributed by atoms with E-state index in [4.69, 9.17) is 14.6 Å². The average molecular weight is 414 g/mol. The molecule has 1 aromatic carbocycles. The van der Waals surface area contributed by atoms with Crippen molar-refractivity contribution in [2.75, 3.05) is 19.7 Å². The van der Waals surface area contributed by atoms with Gasteiger partial charge < -0.3 is 9.47 Å². The van der Waals surface area contributed by atoms with E-state index < -0.39 is 5.72 Å². The van der Waals surface area contributed by atoms with E-state index in [2.05, 4.69) is 25.7 Å². The molecule has 1 saturated carbocycles. The van der Waals surface area contributed by atoms with Crippen molar-refractivity contribution in [1.29, 1.82) is 0 Å². The Morgan fingerprint density at radius 2 is 1.93 bits per heavy atom. The molecule has 3 atom stereocenters. The Morgan fingerprint density at radius 3 is 2.57 bits per heavy atom. The van der Waals surface area contributed by atoms with Crippen molar-refractivity contribution in [2.24, 2.45) is 16.4 Å². The molecule has 0 bridgehead atoms. The first-order valence-electron chi connectivity index (χ1n) is 11.4. The molecule has 6 nitrogen and oxygen atoms in total. The molecule has 2 fully saturated rings. The first kappa shape index (κ1) is 21.2. The van der Waals surface area contributed by atoms with E-state index in [1.54, 1.807) is 5.01 Å². The second-order valence-corrected chi connectivity index (χ2v) is 9.81. The first-order valence-corrected chi connectivity index (χ1v) is 11.4. The van der Waals surface area contributed by atoms with Gasteiger partial charge in [-0.2, -0.15) is 5.01 Å². The highest BCUT2D eigenvalue weighted by Gasteiger charge is 2.58. The highest BCUT2D eigenvalue weighted by molar-refractivity contribution is 5.95. The summed E-state index contributed by atoms with van der Waals surface area (Å²) in [5.41, 5.74) is 0.514. The van der Waals surface area contributed by atoms with Gasteiger partial charge in [-0.15, -0.1) is 5.10 Å². The van der Waals surface area contributed by atoms with E-state index in [9.17, 15) is 4.79 Å². The number of likely N-dealkylation sites (tertiary alicyclic amines) is 1. The Balaban J connectivity index is 1.79. The van der Waals surface area contributed by atoms with Gasteiger partial charge in [-0.25, -0.2) is 4.79 Å². The zero-order valence-electron chi connectivity index (χ0n) is 18.8. The summed E-state index contributed by atoms with van der Waals surface area (Å²) in [5.74, 6) is 1.01. The third kappa shape index (κ3) is 3.82. The molecule has 3 aliphatic rings. The number of rotatable bonds is 3. The number of benzene rings is 1. The maximum atomic E-state index is 13.1. The van der Waals surface area contributed by atoms with E-state index in [0.29, 0.717) is 18.4 Å². The van der Waals surface area contributed by atoms with Crippen LogP contribution in [0.2, 0.25) is 0 Å². The monoisotopic (exact) mass is 413 g/mol. The van der Waals surface area contributed by atoms with Crippen molar-refractivity contribution >= 4 is 12.0 Å². The Hall–Kier alpha value is -2.08. The maximum Gasteiger partial charge on any atom is 0.430 e. The molecule has 0 unspecified atom stereocenters. The van der Waals surface area contributed by atoms with Crippen molar-refractivity contribution in [3.8, 4) is 0 Å². The lowest BCUT2D eigenvalue weighted by Gasteiger charge is -2.56. The fraction of sp³-hybridized carbons (Fsp3) is 0.667. The van der Waals surface area contributed by atoms with Crippen molar-refractivity contribution in [3.63, 3.8) is 0 Å². The number of carbonyl (C=O) groups excluding carboxylic acids is 1. The van der Waals surface area contributed by atoms with Crippen molar-refractivity contribution in [3.05, 3.63) is 35.9 Å². The van der Waals surface area contributed by atoms with Crippen LogP contribution in [0.1, 0.15) is 65.4 Å². The predicted octanol–water partition coefficient (Wildman–Crippen LogP) is 4.84. The molecule has 164 valence electrons. The lowest BCUT2D eigenvalue weighted by molar-refractivity contribution is -0.182. The third-order valence-electron chi connectivity index (χ3n) is 6.99. The molecule has 1 amide bonds. The molecule has 0 spiro atoms. The molecule has 6 heteroatoms. The summed E-state index contributed by atoms with van der Waals surface area (Å²) < 4.78 is 12.2. The van der Waals surface area contributed by atoms with Crippen LogP contribution in [0.5, 0.6) is 0 Å². The number of nitrogens with zero attached hydrogens (tertiary/aromatic N) is 3. The summed E-state index contributed by atoms with van der Waals surface area (Å²) in [6.45, 7) is 11.0. The quantitative estimate of drug-likeness (QED) is 0.711. The molecule has 1 saturated heterocycles.